The van der Waals surface area contributed by atoms with Gasteiger partial charge in [0.05, 0.1) is 5.69 Å². The van der Waals surface area contributed by atoms with Crippen LogP contribution in [0.3, 0.4) is 0 Å². The van der Waals surface area contributed by atoms with Gasteiger partial charge in [0.15, 0.2) is 0 Å². The second-order valence-electron chi connectivity index (χ2n) is 6.46. The molecule has 0 bridgehead atoms. The molecule has 0 aliphatic rings. The highest BCUT2D eigenvalue weighted by Gasteiger charge is 2.19. The van der Waals surface area contributed by atoms with Gasteiger partial charge in [-0.25, -0.2) is 4.98 Å². The van der Waals surface area contributed by atoms with Crippen molar-refractivity contribution in [2.75, 3.05) is 5.73 Å². The number of aryl methyl sites for hydroxylation is 1. The fraction of sp³-hybridized carbons (Fsp3) is 0.786. The van der Waals surface area contributed by atoms with Crippen molar-refractivity contribution < 1.29 is 0 Å². The van der Waals surface area contributed by atoms with E-state index in [4.69, 9.17) is 10.7 Å². The molecule has 0 saturated heterocycles. The summed E-state index contributed by atoms with van der Waals surface area (Å²) >= 11 is 0. The Kier molecular flexibility index (Phi) is 4.23. The highest BCUT2D eigenvalue weighted by atomic mass is 15.1. The molecule has 0 aliphatic carbocycles. The lowest BCUT2D eigenvalue weighted by Crippen LogP contribution is -2.13. The van der Waals surface area contributed by atoms with E-state index in [-0.39, 0.29) is 5.41 Å². The van der Waals surface area contributed by atoms with E-state index in [1.807, 2.05) is 0 Å². The monoisotopic (exact) mass is 237 g/mol. The molecule has 3 heteroatoms. The maximum absolute atomic E-state index is 6.24. The lowest BCUT2D eigenvalue weighted by Gasteiger charge is -2.17. The standard InChI is InChI=1S/C14H27N3/c1-7-12-16-11(8-14(4,5)6)13(15)17(12)9-10(2)3/h10H,7-9,15H2,1-6H3. The Bertz CT molecular complexity index is 370. The Hall–Kier alpha value is -0.990. The molecule has 0 saturated carbocycles. The predicted octanol–water partition coefficient (Wildman–Crippen LogP) is 3.27. The summed E-state index contributed by atoms with van der Waals surface area (Å²) in [6.07, 6.45) is 1.89. The van der Waals surface area contributed by atoms with E-state index in [1.165, 1.54) is 0 Å². The predicted molar refractivity (Wildman–Crippen MR) is 74.0 cm³/mol. The van der Waals surface area contributed by atoms with Crippen LogP contribution in [0.25, 0.3) is 0 Å². The molecule has 0 spiro atoms. The largest absolute Gasteiger partial charge is 0.384 e. The number of nitrogen functional groups attached to an aromatic ring is 1. The first-order valence-electron chi connectivity index (χ1n) is 6.58. The fourth-order valence-corrected chi connectivity index (χ4v) is 2.04. The summed E-state index contributed by atoms with van der Waals surface area (Å²) in [6.45, 7) is 14.2. The first-order valence-corrected chi connectivity index (χ1v) is 6.58. The zero-order valence-corrected chi connectivity index (χ0v) is 12.2. The van der Waals surface area contributed by atoms with Crippen molar-refractivity contribution in [2.45, 2.75) is 60.9 Å². The normalized spacial score (nSPS) is 12.4. The zero-order chi connectivity index (χ0) is 13.2. The van der Waals surface area contributed by atoms with Gasteiger partial charge in [0.25, 0.3) is 0 Å². The molecule has 1 aromatic rings. The van der Waals surface area contributed by atoms with Crippen LogP contribution in [0.2, 0.25) is 0 Å². The Morgan fingerprint density at radius 2 is 1.88 bits per heavy atom. The SMILES string of the molecule is CCc1nc(CC(C)(C)C)c(N)n1CC(C)C. The van der Waals surface area contributed by atoms with Crippen molar-refractivity contribution >= 4 is 5.82 Å². The van der Waals surface area contributed by atoms with E-state index in [0.29, 0.717) is 5.92 Å². The summed E-state index contributed by atoms with van der Waals surface area (Å²) in [5, 5.41) is 0. The van der Waals surface area contributed by atoms with Crippen LogP contribution < -0.4 is 5.73 Å². The molecule has 98 valence electrons. The number of nitrogens with zero attached hydrogens (tertiary/aromatic N) is 2. The lowest BCUT2D eigenvalue weighted by atomic mass is 9.90. The van der Waals surface area contributed by atoms with Gasteiger partial charge in [-0.2, -0.15) is 0 Å². The third kappa shape index (κ3) is 3.76. The highest BCUT2D eigenvalue weighted by molar-refractivity contribution is 5.39. The molecular formula is C14H27N3. The Balaban J connectivity index is 3.05. The Labute approximate surface area is 105 Å². The molecule has 1 heterocycles. The number of aromatic nitrogens is 2. The van der Waals surface area contributed by atoms with E-state index in [1.54, 1.807) is 0 Å². The van der Waals surface area contributed by atoms with Crippen LogP contribution in [0, 0.1) is 11.3 Å². The van der Waals surface area contributed by atoms with Crippen LogP contribution in [0.4, 0.5) is 5.82 Å². The molecule has 17 heavy (non-hydrogen) atoms. The molecule has 0 amide bonds. The summed E-state index contributed by atoms with van der Waals surface area (Å²) in [5.74, 6) is 2.58. The summed E-state index contributed by atoms with van der Waals surface area (Å²) < 4.78 is 2.19. The quantitative estimate of drug-likeness (QED) is 0.873. The molecule has 0 radical (unpaired) electrons. The van der Waals surface area contributed by atoms with Crippen LogP contribution in [0.15, 0.2) is 0 Å². The van der Waals surface area contributed by atoms with E-state index < -0.39 is 0 Å². The topological polar surface area (TPSA) is 43.8 Å². The first-order chi connectivity index (χ1) is 7.74. The van der Waals surface area contributed by atoms with Gasteiger partial charge in [0.2, 0.25) is 0 Å². The fourth-order valence-electron chi connectivity index (χ4n) is 2.04. The maximum Gasteiger partial charge on any atom is 0.126 e. The summed E-state index contributed by atoms with van der Waals surface area (Å²) in [4.78, 5) is 4.70. The van der Waals surface area contributed by atoms with Gasteiger partial charge in [0, 0.05) is 13.0 Å². The number of rotatable bonds is 4. The highest BCUT2D eigenvalue weighted by Crippen LogP contribution is 2.25. The van der Waals surface area contributed by atoms with Gasteiger partial charge in [-0.1, -0.05) is 41.5 Å². The average Bonchev–Trinajstić information content (AvgIpc) is 2.43. The minimum absolute atomic E-state index is 0.232. The molecule has 0 aliphatic heterocycles. The zero-order valence-electron chi connectivity index (χ0n) is 12.2. The number of imidazole rings is 1. The lowest BCUT2D eigenvalue weighted by molar-refractivity contribution is 0.407. The van der Waals surface area contributed by atoms with Crippen molar-refractivity contribution in [3.05, 3.63) is 11.5 Å². The van der Waals surface area contributed by atoms with Crippen molar-refractivity contribution in [1.82, 2.24) is 9.55 Å². The van der Waals surface area contributed by atoms with E-state index in [9.17, 15) is 0 Å². The Morgan fingerprint density at radius 3 is 2.29 bits per heavy atom. The molecule has 3 nitrogen and oxygen atoms in total. The van der Waals surface area contributed by atoms with Crippen molar-refractivity contribution in [1.29, 1.82) is 0 Å². The summed E-state index contributed by atoms with van der Waals surface area (Å²) in [6, 6.07) is 0. The minimum Gasteiger partial charge on any atom is -0.384 e. The van der Waals surface area contributed by atoms with Crippen LogP contribution in [0.1, 0.15) is 53.1 Å². The summed E-state index contributed by atoms with van der Waals surface area (Å²) in [7, 11) is 0. The number of hydrogen-bond acceptors (Lipinski definition) is 2. The van der Waals surface area contributed by atoms with Gasteiger partial charge in [-0.05, 0) is 17.8 Å². The van der Waals surface area contributed by atoms with Crippen molar-refractivity contribution in [3.63, 3.8) is 0 Å². The number of nitrogens with two attached hydrogens (primary N) is 1. The third-order valence-electron chi connectivity index (χ3n) is 2.72. The van der Waals surface area contributed by atoms with Crippen molar-refractivity contribution in [3.8, 4) is 0 Å². The number of anilines is 1. The maximum atomic E-state index is 6.24. The molecule has 0 atom stereocenters. The molecule has 1 rings (SSSR count). The second-order valence-corrected chi connectivity index (χ2v) is 6.46. The van der Waals surface area contributed by atoms with E-state index in [2.05, 4.69) is 46.1 Å². The van der Waals surface area contributed by atoms with E-state index in [0.717, 1.165) is 36.7 Å². The second kappa shape index (κ2) is 5.11. The van der Waals surface area contributed by atoms with Crippen LogP contribution in [-0.2, 0) is 19.4 Å². The van der Waals surface area contributed by atoms with Gasteiger partial charge >= 0.3 is 0 Å². The van der Waals surface area contributed by atoms with Gasteiger partial charge < -0.3 is 10.3 Å². The van der Waals surface area contributed by atoms with E-state index >= 15 is 0 Å². The van der Waals surface area contributed by atoms with Gasteiger partial charge in [-0.3, -0.25) is 0 Å². The molecule has 2 N–H and O–H groups in total. The molecule has 1 aromatic heterocycles. The number of hydrogen-bond donors (Lipinski definition) is 1. The van der Waals surface area contributed by atoms with Gasteiger partial charge in [-0.15, -0.1) is 0 Å². The van der Waals surface area contributed by atoms with Crippen LogP contribution >= 0.6 is 0 Å². The minimum atomic E-state index is 0.232. The first kappa shape index (κ1) is 14.1. The Morgan fingerprint density at radius 1 is 1.29 bits per heavy atom. The van der Waals surface area contributed by atoms with Crippen LogP contribution in [0.5, 0.6) is 0 Å². The van der Waals surface area contributed by atoms with Crippen LogP contribution in [-0.4, -0.2) is 9.55 Å². The molecular weight excluding hydrogens is 210 g/mol. The van der Waals surface area contributed by atoms with Crippen molar-refractivity contribution in [2.24, 2.45) is 11.3 Å². The summed E-state index contributed by atoms with van der Waals surface area (Å²) in [5.41, 5.74) is 7.53. The molecule has 0 aromatic carbocycles. The molecule has 0 fully saturated rings. The molecule has 0 unspecified atom stereocenters. The smallest absolute Gasteiger partial charge is 0.126 e. The third-order valence-corrected chi connectivity index (χ3v) is 2.72. The van der Waals surface area contributed by atoms with Gasteiger partial charge in [0.1, 0.15) is 11.6 Å². The average molecular weight is 237 g/mol.